The third kappa shape index (κ3) is 2.08. The van der Waals surface area contributed by atoms with Gasteiger partial charge in [-0.05, 0) is 12.1 Å². The van der Waals surface area contributed by atoms with Gasteiger partial charge in [0.2, 0.25) is 0 Å². The summed E-state index contributed by atoms with van der Waals surface area (Å²) in [6.45, 7) is 0.289. The predicted molar refractivity (Wildman–Crippen MR) is 62.7 cm³/mol. The average molecular weight is 249 g/mol. The maximum Gasteiger partial charge on any atom is 0.268 e. The van der Waals surface area contributed by atoms with E-state index in [0.29, 0.717) is 11.0 Å². The molecule has 0 radical (unpaired) electrons. The van der Waals surface area contributed by atoms with Crippen LogP contribution in [0.15, 0.2) is 29.3 Å². The summed E-state index contributed by atoms with van der Waals surface area (Å²) >= 11 is 5.85. The van der Waals surface area contributed by atoms with Crippen LogP contribution in [0.3, 0.4) is 0 Å². The quantitative estimate of drug-likeness (QED) is 0.801. The molecule has 86 valence electrons. The predicted octanol–water partition coefficient (Wildman–Crippen LogP) is 1.16. The summed E-state index contributed by atoms with van der Waals surface area (Å²) in [5, 5.41) is 9.27. The Bertz CT molecular complexity index is 650. The number of rotatable bonds is 2. The molecular formula is C11H9ClN4O. The van der Waals surface area contributed by atoms with Crippen LogP contribution in [0.2, 0.25) is 5.15 Å². The fourth-order valence-corrected chi connectivity index (χ4v) is 1.62. The highest BCUT2D eigenvalue weighted by Gasteiger charge is 2.07. The van der Waals surface area contributed by atoms with E-state index >= 15 is 0 Å². The van der Waals surface area contributed by atoms with Crippen LogP contribution in [0.1, 0.15) is 11.4 Å². The summed E-state index contributed by atoms with van der Waals surface area (Å²) in [6, 6.07) is 5.00. The van der Waals surface area contributed by atoms with Crippen molar-refractivity contribution < 1.29 is 0 Å². The standard InChI is InChI=1S/C11H9ClN4O/c1-15-9(12)6-14-10(15)7-16-4-2-3-8(5-13)11(16)17/h2-4,6H,7H2,1H3. The molecule has 0 saturated heterocycles. The minimum atomic E-state index is -0.325. The van der Waals surface area contributed by atoms with Gasteiger partial charge < -0.3 is 9.13 Å². The second-order valence-electron chi connectivity index (χ2n) is 3.52. The number of hydrogen-bond acceptors (Lipinski definition) is 3. The summed E-state index contributed by atoms with van der Waals surface area (Å²) in [5.41, 5.74) is -0.207. The van der Waals surface area contributed by atoms with Crippen LogP contribution < -0.4 is 5.56 Å². The molecule has 0 aromatic carbocycles. The first-order valence-electron chi connectivity index (χ1n) is 4.89. The molecule has 0 amide bonds. The van der Waals surface area contributed by atoms with E-state index in [1.165, 1.54) is 16.8 Å². The zero-order valence-electron chi connectivity index (χ0n) is 9.09. The van der Waals surface area contributed by atoms with Gasteiger partial charge in [0.1, 0.15) is 22.6 Å². The Balaban J connectivity index is 2.41. The van der Waals surface area contributed by atoms with Crippen LogP contribution in [0.25, 0.3) is 0 Å². The number of nitriles is 1. The van der Waals surface area contributed by atoms with Crippen molar-refractivity contribution in [2.45, 2.75) is 6.54 Å². The SMILES string of the molecule is Cn1c(Cl)cnc1Cn1cccc(C#N)c1=O. The first-order chi connectivity index (χ1) is 8.13. The lowest BCUT2D eigenvalue weighted by Crippen LogP contribution is -2.23. The Morgan fingerprint density at radius 1 is 1.59 bits per heavy atom. The molecule has 0 saturated carbocycles. The van der Waals surface area contributed by atoms with E-state index < -0.39 is 0 Å². The van der Waals surface area contributed by atoms with E-state index in [9.17, 15) is 4.79 Å². The Morgan fingerprint density at radius 3 is 2.94 bits per heavy atom. The first kappa shape index (κ1) is 11.4. The first-order valence-corrected chi connectivity index (χ1v) is 5.27. The number of imidazole rings is 1. The van der Waals surface area contributed by atoms with E-state index in [1.54, 1.807) is 23.9 Å². The van der Waals surface area contributed by atoms with Crippen LogP contribution in [0, 0.1) is 11.3 Å². The van der Waals surface area contributed by atoms with Gasteiger partial charge in [0, 0.05) is 13.2 Å². The zero-order chi connectivity index (χ0) is 12.4. The summed E-state index contributed by atoms with van der Waals surface area (Å²) in [4.78, 5) is 15.9. The Kier molecular flexibility index (Phi) is 2.98. The number of aromatic nitrogens is 3. The van der Waals surface area contributed by atoms with Crippen LogP contribution in [0.4, 0.5) is 0 Å². The normalized spacial score (nSPS) is 10.2. The summed E-state index contributed by atoms with van der Waals surface area (Å²) in [7, 11) is 1.77. The molecule has 0 aliphatic carbocycles. The molecule has 2 rings (SSSR count). The van der Waals surface area contributed by atoms with E-state index in [1.807, 2.05) is 6.07 Å². The van der Waals surface area contributed by atoms with Gasteiger partial charge in [-0.3, -0.25) is 4.79 Å². The number of pyridine rings is 1. The summed E-state index contributed by atoms with van der Waals surface area (Å²) < 4.78 is 3.12. The Hall–Kier alpha value is -2.06. The molecule has 2 aromatic heterocycles. The highest BCUT2D eigenvalue weighted by atomic mass is 35.5. The number of halogens is 1. The van der Waals surface area contributed by atoms with Gasteiger partial charge in [-0.2, -0.15) is 5.26 Å². The molecule has 2 heterocycles. The largest absolute Gasteiger partial charge is 0.321 e. The number of hydrogen-bond donors (Lipinski definition) is 0. The summed E-state index contributed by atoms with van der Waals surface area (Å²) in [5.74, 6) is 0.659. The van der Waals surface area contributed by atoms with E-state index in [4.69, 9.17) is 16.9 Å². The highest BCUT2D eigenvalue weighted by molar-refractivity contribution is 6.29. The lowest BCUT2D eigenvalue weighted by Gasteiger charge is -2.06. The van der Waals surface area contributed by atoms with Gasteiger partial charge in [0.05, 0.1) is 12.7 Å². The van der Waals surface area contributed by atoms with E-state index in [-0.39, 0.29) is 17.7 Å². The van der Waals surface area contributed by atoms with Crippen LogP contribution in [0.5, 0.6) is 0 Å². The number of nitrogens with zero attached hydrogens (tertiary/aromatic N) is 4. The van der Waals surface area contributed by atoms with Crippen molar-refractivity contribution in [2.24, 2.45) is 7.05 Å². The van der Waals surface area contributed by atoms with Gasteiger partial charge >= 0.3 is 0 Å². The van der Waals surface area contributed by atoms with Crippen molar-refractivity contribution in [3.05, 3.63) is 51.4 Å². The monoisotopic (exact) mass is 248 g/mol. The molecule has 0 fully saturated rings. The molecule has 0 bridgehead atoms. The molecule has 0 aliphatic rings. The minimum absolute atomic E-state index is 0.118. The molecule has 17 heavy (non-hydrogen) atoms. The molecule has 2 aromatic rings. The van der Waals surface area contributed by atoms with Crippen molar-refractivity contribution in [3.8, 4) is 6.07 Å². The van der Waals surface area contributed by atoms with Gasteiger partial charge in [-0.15, -0.1) is 0 Å². The topological polar surface area (TPSA) is 63.6 Å². The van der Waals surface area contributed by atoms with Crippen LogP contribution in [-0.2, 0) is 13.6 Å². The lowest BCUT2D eigenvalue weighted by molar-refractivity contribution is 0.677. The van der Waals surface area contributed by atoms with Gasteiger partial charge in [0.15, 0.2) is 0 Å². The van der Waals surface area contributed by atoms with Crippen LogP contribution >= 0.6 is 11.6 Å². The zero-order valence-corrected chi connectivity index (χ0v) is 9.85. The molecule has 0 spiro atoms. The maximum atomic E-state index is 11.8. The van der Waals surface area contributed by atoms with Crippen molar-refractivity contribution in [2.75, 3.05) is 0 Å². The van der Waals surface area contributed by atoms with Crippen LogP contribution in [-0.4, -0.2) is 14.1 Å². The van der Waals surface area contributed by atoms with Gasteiger partial charge in [-0.25, -0.2) is 4.98 Å². The lowest BCUT2D eigenvalue weighted by atomic mass is 10.3. The fraction of sp³-hybridized carbons (Fsp3) is 0.182. The minimum Gasteiger partial charge on any atom is -0.321 e. The third-order valence-corrected chi connectivity index (χ3v) is 2.83. The van der Waals surface area contributed by atoms with E-state index in [0.717, 1.165) is 0 Å². The smallest absolute Gasteiger partial charge is 0.268 e. The van der Waals surface area contributed by atoms with Crippen molar-refractivity contribution in [3.63, 3.8) is 0 Å². The van der Waals surface area contributed by atoms with Crippen molar-refractivity contribution in [1.29, 1.82) is 5.26 Å². The maximum absolute atomic E-state index is 11.8. The van der Waals surface area contributed by atoms with Gasteiger partial charge in [-0.1, -0.05) is 11.6 Å². The molecule has 0 unspecified atom stereocenters. The van der Waals surface area contributed by atoms with Crippen molar-refractivity contribution >= 4 is 11.6 Å². The van der Waals surface area contributed by atoms with E-state index in [2.05, 4.69) is 4.98 Å². The molecule has 0 atom stereocenters. The van der Waals surface area contributed by atoms with Crippen molar-refractivity contribution in [1.82, 2.24) is 14.1 Å². The second-order valence-corrected chi connectivity index (χ2v) is 3.91. The highest BCUT2D eigenvalue weighted by Crippen LogP contribution is 2.09. The fourth-order valence-electron chi connectivity index (χ4n) is 1.47. The molecule has 6 heteroatoms. The second kappa shape index (κ2) is 4.44. The molecule has 5 nitrogen and oxygen atoms in total. The molecule has 0 aliphatic heterocycles. The van der Waals surface area contributed by atoms with Gasteiger partial charge in [0.25, 0.3) is 5.56 Å². The Labute approximate surface area is 103 Å². The Morgan fingerprint density at radius 2 is 2.35 bits per heavy atom. The molecular weight excluding hydrogens is 240 g/mol. The third-order valence-electron chi connectivity index (χ3n) is 2.48. The summed E-state index contributed by atoms with van der Waals surface area (Å²) in [6.07, 6.45) is 3.14. The molecule has 0 N–H and O–H groups in total. The average Bonchev–Trinajstić information content (AvgIpc) is 2.64.